The van der Waals surface area contributed by atoms with E-state index in [9.17, 15) is 19.5 Å². The minimum Gasteiger partial charge on any atom is -0.507 e. The second kappa shape index (κ2) is 12.8. The number of carbonyl (C=O) groups is 2. The van der Waals surface area contributed by atoms with Crippen LogP contribution in [-0.4, -0.2) is 61.7 Å². The summed E-state index contributed by atoms with van der Waals surface area (Å²) in [5.41, 5.74) is 7.71. The topological polar surface area (TPSA) is 183 Å². The van der Waals surface area contributed by atoms with Crippen LogP contribution in [0.2, 0.25) is 0 Å². The van der Waals surface area contributed by atoms with E-state index in [1.54, 1.807) is 12.3 Å². The maximum absolute atomic E-state index is 11.8. The van der Waals surface area contributed by atoms with Gasteiger partial charge in [-0.2, -0.15) is 4.98 Å². The summed E-state index contributed by atoms with van der Waals surface area (Å²) in [6.45, 7) is 3.74. The number of hydrogen-bond donors (Lipinski definition) is 4. The van der Waals surface area contributed by atoms with Gasteiger partial charge < -0.3 is 35.3 Å². The van der Waals surface area contributed by atoms with E-state index in [1.807, 2.05) is 19.9 Å². The number of nitrogens with zero attached hydrogens (tertiary/aromatic N) is 2. The van der Waals surface area contributed by atoms with Gasteiger partial charge in [-0.15, -0.1) is 11.8 Å². The van der Waals surface area contributed by atoms with Gasteiger partial charge in [-0.1, -0.05) is 11.6 Å². The molecule has 2 aliphatic rings. The lowest BCUT2D eigenvalue weighted by molar-refractivity contribution is -0.136. The van der Waals surface area contributed by atoms with Gasteiger partial charge in [0.15, 0.2) is 0 Å². The van der Waals surface area contributed by atoms with Gasteiger partial charge in [0, 0.05) is 29.5 Å². The predicted molar refractivity (Wildman–Crippen MR) is 139 cm³/mol. The number of carboxylic acids is 1. The van der Waals surface area contributed by atoms with Crippen molar-refractivity contribution >= 4 is 29.5 Å². The number of hydrogen-bond acceptors (Lipinski definition) is 11. The van der Waals surface area contributed by atoms with E-state index in [4.69, 9.17) is 30.2 Å². The molecule has 2 atom stereocenters. The molecule has 3 heterocycles. The summed E-state index contributed by atoms with van der Waals surface area (Å²) in [5, 5.41) is 28.0. The lowest BCUT2D eigenvalue weighted by Crippen LogP contribution is -2.28. The number of anilines is 1. The number of aliphatic carboxylic acids is 1. The summed E-state index contributed by atoms with van der Waals surface area (Å²) < 4.78 is 17.2. The van der Waals surface area contributed by atoms with Gasteiger partial charge in [0.05, 0.1) is 13.7 Å². The minimum atomic E-state index is -0.853. The molecule has 1 saturated heterocycles. The highest BCUT2D eigenvalue weighted by Gasteiger charge is 2.32. The fourth-order valence-electron chi connectivity index (χ4n) is 4.04. The maximum Gasteiger partial charge on any atom is 0.351 e. The van der Waals surface area contributed by atoms with Gasteiger partial charge >= 0.3 is 17.6 Å². The summed E-state index contributed by atoms with van der Waals surface area (Å²) in [7, 11) is 1.51. The van der Waals surface area contributed by atoms with Crippen LogP contribution in [0.3, 0.4) is 0 Å². The molecule has 0 unspecified atom stereocenters. The van der Waals surface area contributed by atoms with Gasteiger partial charge in [0.1, 0.15) is 41.2 Å². The molecule has 0 spiro atoms. The highest BCUT2D eigenvalue weighted by atomic mass is 32.2. The molecule has 2 aromatic rings. The Morgan fingerprint density at radius 3 is 2.71 bits per heavy atom. The third-order valence-corrected chi connectivity index (χ3v) is 7.19. The molecule has 1 fully saturated rings. The number of cyclic esters (lactones) is 1. The van der Waals surface area contributed by atoms with E-state index < -0.39 is 17.6 Å². The van der Waals surface area contributed by atoms with Crippen molar-refractivity contribution in [1.82, 2.24) is 9.55 Å². The molecule has 0 bridgehead atoms. The number of rotatable bonds is 8. The molecular weight excluding hydrogens is 518 g/mol. The summed E-state index contributed by atoms with van der Waals surface area (Å²) in [6.07, 6.45) is 3.86. The minimum absolute atomic E-state index is 0.0565. The second-order valence-electron chi connectivity index (χ2n) is 8.64. The Labute approximate surface area is 223 Å². The van der Waals surface area contributed by atoms with Crippen molar-refractivity contribution in [2.24, 2.45) is 0 Å². The first-order valence-corrected chi connectivity index (χ1v) is 12.8. The fourth-order valence-corrected chi connectivity index (χ4v) is 4.97. The van der Waals surface area contributed by atoms with E-state index in [2.05, 4.69) is 4.98 Å². The number of methoxy groups -OCH3 is 1. The average Bonchev–Trinajstić information content (AvgIpc) is 3.51. The number of nitrogen functional groups attached to an aromatic ring is 1. The zero-order valence-electron chi connectivity index (χ0n) is 21.3. The Morgan fingerprint density at radius 1 is 1.37 bits per heavy atom. The molecule has 206 valence electrons. The molecule has 1 aromatic carbocycles. The van der Waals surface area contributed by atoms with Crippen molar-refractivity contribution in [3.8, 4) is 11.5 Å². The van der Waals surface area contributed by atoms with Crippen LogP contribution in [0.1, 0.15) is 53.0 Å². The van der Waals surface area contributed by atoms with Crippen LogP contribution in [0.5, 0.6) is 11.5 Å². The van der Waals surface area contributed by atoms with Gasteiger partial charge in [-0.25, -0.2) is 9.59 Å². The van der Waals surface area contributed by atoms with E-state index in [0.29, 0.717) is 35.5 Å². The number of ether oxygens (including phenoxy) is 3. The molecular formula is C25H31N3O9S. The number of aromatic nitrogens is 2. The molecule has 2 aliphatic heterocycles. The van der Waals surface area contributed by atoms with Crippen molar-refractivity contribution in [3.63, 3.8) is 0 Å². The monoisotopic (exact) mass is 549 g/mol. The lowest BCUT2D eigenvalue weighted by Gasteiger charge is -2.15. The van der Waals surface area contributed by atoms with E-state index in [1.165, 1.54) is 23.4 Å². The van der Waals surface area contributed by atoms with Crippen LogP contribution in [-0.2, 0) is 27.3 Å². The summed E-state index contributed by atoms with van der Waals surface area (Å²) in [4.78, 5) is 37.4. The SMILES string of the molecule is COc1c(C)c2c(c(O)c1C/C=C(\C)CCC(=O)O)C(=O)OC2.Nc1ccn([C@H]2CS[C@H](CO)O2)c(=O)n1. The average molecular weight is 550 g/mol. The Bertz CT molecular complexity index is 1290. The predicted octanol–water partition coefficient (Wildman–Crippen LogP) is 2.14. The number of benzene rings is 1. The lowest BCUT2D eigenvalue weighted by atomic mass is 9.94. The quantitative estimate of drug-likeness (QED) is 0.278. The van der Waals surface area contributed by atoms with Crippen LogP contribution in [0.4, 0.5) is 5.82 Å². The molecule has 0 amide bonds. The molecule has 1 aromatic heterocycles. The number of nitrogens with two attached hydrogens (primary N) is 1. The highest BCUT2D eigenvalue weighted by Crippen LogP contribution is 2.42. The van der Waals surface area contributed by atoms with Crippen molar-refractivity contribution in [1.29, 1.82) is 0 Å². The molecule has 12 nitrogen and oxygen atoms in total. The number of esters is 1. The number of phenolic OH excluding ortho intramolecular Hbond substituents is 1. The summed E-state index contributed by atoms with van der Waals surface area (Å²) in [5.74, 6) is -0.156. The molecule has 38 heavy (non-hydrogen) atoms. The third kappa shape index (κ3) is 6.65. The number of allylic oxidation sites excluding steroid dienone is 2. The van der Waals surface area contributed by atoms with Crippen molar-refractivity contribution in [3.05, 3.63) is 56.7 Å². The summed E-state index contributed by atoms with van der Waals surface area (Å²) in [6, 6.07) is 1.54. The maximum atomic E-state index is 11.8. The van der Waals surface area contributed by atoms with Crippen LogP contribution < -0.4 is 16.2 Å². The standard InChI is InChI=1S/C17H20O6.C8H11N3O3S/c1-9(5-7-13(18)19)4-6-11-15(20)14-12(8-23-17(14)21)10(2)16(11)22-3;9-5-1-2-11(8(13)10-5)6-4-15-7(3-12)14-6/h4,20H,5-8H2,1-3H3,(H,18,19);1-2,6-7,12H,3-4H2,(H2,9,10,13)/b9-4+;/t;6-,7-/m.1/s1. The first-order chi connectivity index (χ1) is 18.1. The fraction of sp³-hybridized carbons (Fsp3) is 0.440. The smallest absolute Gasteiger partial charge is 0.351 e. The number of carboxylic acid groups (broad SMARTS) is 1. The normalized spacial score (nSPS) is 18.4. The second-order valence-corrected chi connectivity index (χ2v) is 9.83. The first kappa shape index (κ1) is 29.0. The van der Waals surface area contributed by atoms with E-state index in [0.717, 1.165) is 11.1 Å². The van der Waals surface area contributed by atoms with E-state index in [-0.39, 0.29) is 48.4 Å². The zero-order valence-corrected chi connectivity index (χ0v) is 22.1. The molecule has 0 radical (unpaired) electrons. The molecule has 0 aliphatic carbocycles. The molecule has 0 saturated carbocycles. The Kier molecular flexibility index (Phi) is 9.78. The largest absolute Gasteiger partial charge is 0.507 e. The van der Waals surface area contributed by atoms with Crippen molar-refractivity contribution in [2.45, 2.75) is 51.4 Å². The van der Waals surface area contributed by atoms with E-state index >= 15 is 0 Å². The number of carbonyl (C=O) groups excluding carboxylic acids is 1. The van der Waals surface area contributed by atoms with Gasteiger partial charge in [-0.3, -0.25) is 9.36 Å². The third-order valence-electron chi connectivity index (χ3n) is 6.08. The van der Waals surface area contributed by atoms with Gasteiger partial charge in [-0.05, 0) is 38.3 Å². The Balaban J connectivity index is 0.000000230. The first-order valence-electron chi connectivity index (χ1n) is 11.8. The highest BCUT2D eigenvalue weighted by molar-refractivity contribution is 8.00. The number of fused-ring (bicyclic) bond motifs is 1. The van der Waals surface area contributed by atoms with Gasteiger partial charge in [0.2, 0.25) is 0 Å². The van der Waals surface area contributed by atoms with Crippen molar-refractivity contribution in [2.75, 3.05) is 25.2 Å². The number of aromatic hydroxyl groups is 1. The van der Waals surface area contributed by atoms with Crippen LogP contribution in [0.15, 0.2) is 28.7 Å². The zero-order chi connectivity index (χ0) is 28.0. The Hall–Kier alpha value is -3.55. The molecule has 13 heteroatoms. The van der Waals surface area contributed by atoms with Crippen molar-refractivity contribution < 1.29 is 39.1 Å². The van der Waals surface area contributed by atoms with Crippen LogP contribution in [0.25, 0.3) is 0 Å². The number of aliphatic hydroxyl groups excluding tert-OH is 1. The number of phenols is 1. The van der Waals surface area contributed by atoms with Gasteiger partial charge in [0.25, 0.3) is 0 Å². The summed E-state index contributed by atoms with van der Waals surface area (Å²) >= 11 is 1.47. The van der Waals surface area contributed by atoms with Crippen LogP contribution >= 0.6 is 11.8 Å². The number of aliphatic hydroxyl groups is 1. The van der Waals surface area contributed by atoms with Crippen LogP contribution in [0, 0.1) is 6.92 Å². The molecule has 5 N–H and O–H groups in total. The Morgan fingerprint density at radius 2 is 2.11 bits per heavy atom. The number of thioether (sulfide) groups is 1. The molecule has 4 rings (SSSR count).